The first-order valence-electron chi connectivity index (χ1n) is 9.44. The Labute approximate surface area is 165 Å². The lowest BCUT2D eigenvalue weighted by atomic mass is 9.94. The number of carbonyl (C=O) groups excluding carboxylic acids is 3. The molecule has 2 aromatic carbocycles. The SMILES string of the molecule is CC(=O)C(CCC(=O)OCc1ccccc1)CCC(=O)OCc1ccccc1. The molecule has 2 aromatic rings. The van der Waals surface area contributed by atoms with Crippen LogP contribution >= 0.6 is 0 Å². The first kappa shape index (κ1) is 21.4. The molecule has 0 fully saturated rings. The molecule has 0 aliphatic carbocycles. The molecule has 0 atom stereocenters. The van der Waals surface area contributed by atoms with Gasteiger partial charge in [0, 0.05) is 18.8 Å². The average molecular weight is 382 g/mol. The highest BCUT2D eigenvalue weighted by atomic mass is 16.5. The molecule has 5 heteroatoms. The van der Waals surface area contributed by atoms with E-state index >= 15 is 0 Å². The summed E-state index contributed by atoms with van der Waals surface area (Å²) in [5.74, 6) is -1.08. The minimum absolute atomic E-state index is 0.0354. The molecule has 0 saturated heterocycles. The van der Waals surface area contributed by atoms with Gasteiger partial charge in [0.2, 0.25) is 0 Å². The molecule has 0 heterocycles. The molecule has 0 N–H and O–H groups in total. The largest absolute Gasteiger partial charge is 0.461 e. The van der Waals surface area contributed by atoms with Gasteiger partial charge >= 0.3 is 11.9 Å². The van der Waals surface area contributed by atoms with Gasteiger partial charge < -0.3 is 9.47 Å². The minimum atomic E-state index is -0.353. The van der Waals surface area contributed by atoms with E-state index in [9.17, 15) is 14.4 Å². The van der Waals surface area contributed by atoms with Gasteiger partial charge in [-0.25, -0.2) is 0 Å². The Bertz CT molecular complexity index is 696. The maximum atomic E-state index is 11.9. The van der Waals surface area contributed by atoms with Crippen molar-refractivity contribution in [3.05, 3.63) is 71.8 Å². The van der Waals surface area contributed by atoms with Crippen molar-refractivity contribution in [2.75, 3.05) is 0 Å². The van der Waals surface area contributed by atoms with E-state index in [1.165, 1.54) is 6.92 Å². The Hall–Kier alpha value is -2.95. The summed E-state index contributed by atoms with van der Waals surface area (Å²) in [5, 5.41) is 0. The molecule has 0 bridgehead atoms. The number of ether oxygens (including phenoxy) is 2. The fourth-order valence-electron chi connectivity index (χ4n) is 2.76. The number of rotatable bonds is 11. The number of hydrogen-bond donors (Lipinski definition) is 0. The van der Waals surface area contributed by atoms with Crippen LogP contribution in [-0.4, -0.2) is 17.7 Å². The van der Waals surface area contributed by atoms with E-state index in [0.717, 1.165) is 11.1 Å². The summed E-state index contributed by atoms with van der Waals surface area (Å²) in [5.41, 5.74) is 1.83. The van der Waals surface area contributed by atoms with Gasteiger partial charge in [0.25, 0.3) is 0 Å². The molecule has 0 radical (unpaired) electrons. The second-order valence-corrected chi connectivity index (χ2v) is 6.68. The number of Topliss-reactive ketones (excluding diaryl/α,β-unsaturated/α-hetero) is 1. The van der Waals surface area contributed by atoms with Crippen molar-refractivity contribution in [1.82, 2.24) is 0 Å². The Kier molecular flexibility index (Phi) is 8.92. The topological polar surface area (TPSA) is 69.7 Å². The maximum Gasteiger partial charge on any atom is 0.306 e. The fraction of sp³-hybridized carbons (Fsp3) is 0.348. The smallest absolute Gasteiger partial charge is 0.306 e. The lowest BCUT2D eigenvalue weighted by Crippen LogP contribution is -2.16. The van der Waals surface area contributed by atoms with E-state index in [-0.39, 0.29) is 49.7 Å². The van der Waals surface area contributed by atoms with Crippen LogP contribution in [-0.2, 0) is 37.1 Å². The summed E-state index contributed by atoms with van der Waals surface area (Å²) in [6.07, 6.45) is 1.04. The van der Waals surface area contributed by atoms with Crippen LogP contribution in [0.3, 0.4) is 0 Å². The van der Waals surface area contributed by atoms with Gasteiger partial charge in [0.15, 0.2) is 0 Å². The third-order valence-corrected chi connectivity index (χ3v) is 4.45. The van der Waals surface area contributed by atoms with E-state index in [2.05, 4.69) is 0 Å². The normalized spacial score (nSPS) is 10.5. The third-order valence-electron chi connectivity index (χ3n) is 4.45. The van der Waals surface area contributed by atoms with Crippen molar-refractivity contribution in [1.29, 1.82) is 0 Å². The summed E-state index contributed by atoms with van der Waals surface area (Å²) in [6, 6.07) is 18.8. The first-order chi connectivity index (χ1) is 13.5. The summed E-state index contributed by atoms with van der Waals surface area (Å²) in [4.78, 5) is 35.7. The number of esters is 2. The van der Waals surface area contributed by atoms with E-state index in [0.29, 0.717) is 12.8 Å². The van der Waals surface area contributed by atoms with Gasteiger partial charge in [-0.05, 0) is 30.9 Å². The Morgan fingerprint density at radius 1 is 0.714 bits per heavy atom. The zero-order valence-electron chi connectivity index (χ0n) is 16.1. The van der Waals surface area contributed by atoms with Gasteiger partial charge in [0.05, 0.1) is 0 Å². The molecule has 0 unspecified atom stereocenters. The van der Waals surface area contributed by atoms with Crippen molar-refractivity contribution in [2.24, 2.45) is 5.92 Å². The lowest BCUT2D eigenvalue weighted by Gasteiger charge is -2.13. The molecular formula is C23H26O5. The van der Waals surface area contributed by atoms with Gasteiger partial charge in [0.1, 0.15) is 19.0 Å². The zero-order valence-corrected chi connectivity index (χ0v) is 16.1. The van der Waals surface area contributed by atoms with Crippen LogP contribution < -0.4 is 0 Å². The molecular weight excluding hydrogens is 356 g/mol. The fourth-order valence-corrected chi connectivity index (χ4v) is 2.76. The molecule has 28 heavy (non-hydrogen) atoms. The van der Waals surface area contributed by atoms with Crippen LogP contribution in [0, 0.1) is 5.92 Å². The average Bonchev–Trinajstić information content (AvgIpc) is 2.72. The summed E-state index contributed by atoms with van der Waals surface area (Å²) >= 11 is 0. The summed E-state index contributed by atoms with van der Waals surface area (Å²) < 4.78 is 10.5. The van der Waals surface area contributed by atoms with Crippen LogP contribution in [0.1, 0.15) is 43.7 Å². The number of benzene rings is 2. The predicted octanol–water partition coefficient (Wildman–Crippen LogP) is 4.24. The lowest BCUT2D eigenvalue weighted by molar-refractivity contribution is -0.145. The third kappa shape index (κ3) is 8.16. The molecule has 148 valence electrons. The van der Waals surface area contributed by atoms with E-state index in [4.69, 9.17) is 9.47 Å². The number of carbonyl (C=O) groups is 3. The van der Waals surface area contributed by atoms with Crippen LogP contribution in [0.2, 0.25) is 0 Å². The Morgan fingerprint density at radius 2 is 1.11 bits per heavy atom. The second-order valence-electron chi connectivity index (χ2n) is 6.68. The number of hydrogen-bond acceptors (Lipinski definition) is 5. The van der Waals surface area contributed by atoms with Crippen molar-refractivity contribution in [3.8, 4) is 0 Å². The van der Waals surface area contributed by atoms with Crippen molar-refractivity contribution >= 4 is 17.7 Å². The van der Waals surface area contributed by atoms with Crippen LogP contribution in [0.4, 0.5) is 0 Å². The highest BCUT2D eigenvalue weighted by Crippen LogP contribution is 2.17. The van der Waals surface area contributed by atoms with Crippen LogP contribution in [0.5, 0.6) is 0 Å². The maximum absolute atomic E-state index is 11.9. The highest BCUT2D eigenvalue weighted by molar-refractivity contribution is 5.80. The van der Waals surface area contributed by atoms with Gasteiger partial charge in [-0.15, -0.1) is 0 Å². The van der Waals surface area contributed by atoms with E-state index in [1.54, 1.807) is 0 Å². The quantitative estimate of drug-likeness (QED) is 0.544. The van der Waals surface area contributed by atoms with E-state index < -0.39 is 0 Å². The molecule has 0 saturated carbocycles. The zero-order chi connectivity index (χ0) is 20.2. The molecule has 0 aromatic heterocycles. The monoisotopic (exact) mass is 382 g/mol. The highest BCUT2D eigenvalue weighted by Gasteiger charge is 2.18. The summed E-state index contributed by atoms with van der Waals surface area (Å²) in [6.45, 7) is 1.92. The predicted molar refractivity (Wildman–Crippen MR) is 105 cm³/mol. The van der Waals surface area contributed by atoms with Crippen LogP contribution in [0.15, 0.2) is 60.7 Å². The molecule has 0 amide bonds. The molecule has 0 aliphatic rings. The van der Waals surface area contributed by atoms with Crippen molar-refractivity contribution < 1.29 is 23.9 Å². The standard InChI is InChI=1S/C23H26O5/c1-18(24)21(12-14-22(25)27-16-19-8-4-2-5-9-19)13-15-23(26)28-17-20-10-6-3-7-11-20/h2-11,21H,12-17H2,1H3. The van der Waals surface area contributed by atoms with Gasteiger partial charge in [-0.1, -0.05) is 60.7 Å². The Balaban J connectivity index is 1.68. The van der Waals surface area contributed by atoms with Crippen molar-refractivity contribution in [2.45, 2.75) is 45.8 Å². The molecule has 0 spiro atoms. The minimum Gasteiger partial charge on any atom is -0.461 e. The molecule has 2 rings (SSSR count). The first-order valence-corrected chi connectivity index (χ1v) is 9.44. The Morgan fingerprint density at radius 3 is 1.46 bits per heavy atom. The van der Waals surface area contributed by atoms with Gasteiger partial charge in [-0.3, -0.25) is 14.4 Å². The van der Waals surface area contributed by atoms with Crippen LogP contribution in [0.25, 0.3) is 0 Å². The molecule has 5 nitrogen and oxygen atoms in total. The number of ketones is 1. The van der Waals surface area contributed by atoms with Gasteiger partial charge in [-0.2, -0.15) is 0 Å². The van der Waals surface area contributed by atoms with Crippen molar-refractivity contribution in [3.63, 3.8) is 0 Å². The van der Waals surface area contributed by atoms with E-state index in [1.807, 2.05) is 60.7 Å². The molecule has 0 aliphatic heterocycles. The summed E-state index contributed by atoms with van der Waals surface area (Å²) in [7, 11) is 0. The second kappa shape index (κ2) is 11.7.